The van der Waals surface area contributed by atoms with Gasteiger partial charge in [0.05, 0.1) is 13.1 Å². The molecular weight excluding hydrogens is 196 g/mol. The van der Waals surface area contributed by atoms with Crippen molar-refractivity contribution < 1.29 is 14.7 Å². The van der Waals surface area contributed by atoms with E-state index in [2.05, 4.69) is 11.9 Å². The molecule has 1 amide bonds. The van der Waals surface area contributed by atoms with Gasteiger partial charge in [-0.2, -0.15) is 0 Å². The third-order valence-electron chi connectivity index (χ3n) is 1.86. The van der Waals surface area contributed by atoms with E-state index in [0.717, 1.165) is 0 Å². The summed E-state index contributed by atoms with van der Waals surface area (Å²) in [5.41, 5.74) is 0. The zero-order valence-electron chi connectivity index (χ0n) is 9.19. The highest BCUT2D eigenvalue weighted by molar-refractivity contribution is 5.79. The van der Waals surface area contributed by atoms with Crippen LogP contribution in [-0.4, -0.2) is 47.6 Å². The van der Waals surface area contributed by atoms with Gasteiger partial charge in [0, 0.05) is 12.6 Å². The van der Waals surface area contributed by atoms with E-state index in [4.69, 9.17) is 5.11 Å². The van der Waals surface area contributed by atoms with Crippen molar-refractivity contribution in [3.8, 4) is 0 Å². The summed E-state index contributed by atoms with van der Waals surface area (Å²) in [6.07, 6.45) is 1.58. The summed E-state index contributed by atoms with van der Waals surface area (Å²) in [6, 6.07) is 0.0237. The predicted octanol–water partition coefficient (Wildman–Crippen LogP) is 0.0836. The Kier molecular flexibility index (Phi) is 6.37. The molecule has 0 fully saturated rings. The van der Waals surface area contributed by atoms with Gasteiger partial charge >= 0.3 is 5.97 Å². The van der Waals surface area contributed by atoms with Crippen LogP contribution in [0, 0.1) is 0 Å². The van der Waals surface area contributed by atoms with Crippen molar-refractivity contribution in [3.63, 3.8) is 0 Å². The number of carboxylic acids is 1. The molecule has 0 aliphatic rings. The molecule has 0 saturated carbocycles. The quantitative estimate of drug-likeness (QED) is 0.589. The standard InChI is InChI=1S/C10H18N2O3/c1-4-5-11-9(13)6-12(8(2)3)7-10(14)15/h4,8H,1,5-7H2,2-3H3,(H,11,13)(H,14,15). The summed E-state index contributed by atoms with van der Waals surface area (Å²) in [5.74, 6) is -1.12. The molecule has 0 aromatic rings. The Balaban J connectivity index is 4.09. The summed E-state index contributed by atoms with van der Waals surface area (Å²) >= 11 is 0. The Hall–Kier alpha value is -1.36. The van der Waals surface area contributed by atoms with Gasteiger partial charge < -0.3 is 10.4 Å². The van der Waals surface area contributed by atoms with Gasteiger partial charge in [0.25, 0.3) is 0 Å². The Morgan fingerprint density at radius 1 is 1.47 bits per heavy atom. The molecule has 0 aliphatic carbocycles. The fourth-order valence-electron chi connectivity index (χ4n) is 1.02. The Labute approximate surface area is 89.8 Å². The van der Waals surface area contributed by atoms with Gasteiger partial charge in [0.2, 0.25) is 5.91 Å². The van der Waals surface area contributed by atoms with Gasteiger partial charge in [-0.15, -0.1) is 6.58 Å². The highest BCUT2D eigenvalue weighted by Gasteiger charge is 2.16. The second-order valence-electron chi connectivity index (χ2n) is 3.49. The minimum Gasteiger partial charge on any atom is -0.480 e. The van der Waals surface area contributed by atoms with Crippen LogP contribution in [0.3, 0.4) is 0 Å². The molecular formula is C10H18N2O3. The average Bonchev–Trinajstić information content (AvgIpc) is 2.12. The second kappa shape index (κ2) is 7.00. The maximum Gasteiger partial charge on any atom is 0.317 e. The molecule has 0 radical (unpaired) electrons. The Morgan fingerprint density at radius 2 is 2.07 bits per heavy atom. The van der Waals surface area contributed by atoms with E-state index in [0.29, 0.717) is 6.54 Å². The first-order chi connectivity index (χ1) is 6.97. The number of hydrogen-bond donors (Lipinski definition) is 2. The fourth-order valence-corrected chi connectivity index (χ4v) is 1.02. The SMILES string of the molecule is C=CCNC(=O)CN(CC(=O)O)C(C)C. The number of carbonyl (C=O) groups excluding carboxylic acids is 1. The van der Waals surface area contributed by atoms with Crippen LogP contribution in [0.15, 0.2) is 12.7 Å². The molecule has 0 aromatic carbocycles. The molecule has 0 bridgehead atoms. The second-order valence-corrected chi connectivity index (χ2v) is 3.49. The van der Waals surface area contributed by atoms with Gasteiger partial charge in [0.15, 0.2) is 0 Å². The molecule has 86 valence electrons. The van der Waals surface area contributed by atoms with Crippen molar-refractivity contribution >= 4 is 11.9 Å². The Morgan fingerprint density at radius 3 is 2.47 bits per heavy atom. The van der Waals surface area contributed by atoms with Crippen LogP contribution in [-0.2, 0) is 9.59 Å². The lowest BCUT2D eigenvalue weighted by atomic mass is 10.3. The largest absolute Gasteiger partial charge is 0.480 e. The fraction of sp³-hybridized carbons (Fsp3) is 0.600. The van der Waals surface area contributed by atoms with Crippen LogP contribution in [0.5, 0.6) is 0 Å². The van der Waals surface area contributed by atoms with Crippen LogP contribution in [0.1, 0.15) is 13.8 Å². The average molecular weight is 214 g/mol. The van der Waals surface area contributed by atoms with E-state index in [9.17, 15) is 9.59 Å². The molecule has 0 spiro atoms. The monoisotopic (exact) mass is 214 g/mol. The zero-order chi connectivity index (χ0) is 11.8. The van der Waals surface area contributed by atoms with Crippen LogP contribution in [0.2, 0.25) is 0 Å². The normalized spacial score (nSPS) is 10.4. The molecule has 5 heteroatoms. The van der Waals surface area contributed by atoms with Crippen molar-refractivity contribution in [2.75, 3.05) is 19.6 Å². The Bertz CT molecular complexity index is 239. The minimum atomic E-state index is -0.930. The molecule has 0 atom stereocenters. The molecule has 5 nitrogen and oxygen atoms in total. The molecule has 0 aliphatic heterocycles. The topological polar surface area (TPSA) is 69.6 Å². The smallest absolute Gasteiger partial charge is 0.317 e. The van der Waals surface area contributed by atoms with E-state index in [1.165, 1.54) is 0 Å². The number of carboxylic acid groups (broad SMARTS) is 1. The lowest BCUT2D eigenvalue weighted by Gasteiger charge is -2.23. The van der Waals surface area contributed by atoms with Gasteiger partial charge in [0.1, 0.15) is 0 Å². The van der Waals surface area contributed by atoms with E-state index >= 15 is 0 Å². The molecule has 15 heavy (non-hydrogen) atoms. The summed E-state index contributed by atoms with van der Waals surface area (Å²) in [6.45, 7) is 7.54. The van der Waals surface area contributed by atoms with Gasteiger partial charge in [-0.3, -0.25) is 14.5 Å². The zero-order valence-corrected chi connectivity index (χ0v) is 9.19. The molecule has 0 rings (SSSR count). The van der Waals surface area contributed by atoms with Crippen molar-refractivity contribution in [1.29, 1.82) is 0 Å². The third kappa shape index (κ3) is 6.68. The third-order valence-corrected chi connectivity index (χ3v) is 1.86. The number of amides is 1. The summed E-state index contributed by atoms with van der Waals surface area (Å²) in [5, 5.41) is 11.2. The van der Waals surface area contributed by atoms with Gasteiger partial charge in [-0.05, 0) is 13.8 Å². The highest BCUT2D eigenvalue weighted by Crippen LogP contribution is 1.96. The van der Waals surface area contributed by atoms with Crippen LogP contribution in [0.25, 0.3) is 0 Å². The van der Waals surface area contributed by atoms with Crippen molar-refractivity contribution in [2.24, 2.45) is 0 Å². The van der Waals surface area contributed by atoms with Gasteiger partial charge in [-0.25, -0.2) is 0 Å². The first-order valence-corrected chi connectivity index (χ1v) is 4.80. The summed E-state index contributed by atoms with van der Waals surface area (Å²) in [7, 11) is 0. The minimum absolute atomic E-state index is 0.0237. The number of carbonyl (C=O) groups is 2. The number of nitrogens with zero attached hydrogens (tertiary/aromatic N) is 1. The lowest BCUT2D eigenvalue weighted by molar-refractivity contribution is -0.139. The van der Waals surface area contributed by atoms with Crippen molar-refractivity contribution in [3.05, 3.63) is 12.7 Å². The molecule has 0 saturated heterocycles. The molecule has 0 unspecified atom stereocenters. The molecule has 0 aromatic heterocycles. The maximum absolute atomic E-state index is 11.3. The van der Waals surface area contributed by atoms with Crippen LogP contribution < -0.4 is 5.32 Å². The first kappa shape index (κ1) is 13.6. The van der Waals surface area contributed by atoms with E-state index < -0.39 is 5.97 Å². The van der Waals surface area contributed by atoms with Gasteiger partial charge in [-0.1, -0.05) is 6.08 Å². The number of aliphatic carboxylic acids is 1. The van der Waals surface area contributed by atoms with Crippen molar-refractivity contribution in [2.45, 2.75) is 19.9 Å². The van der Waals surface area contributed by atoms with E-state index in [1.807, 2.05) is 13.8 Å². The number of nitrogens with one attached hydrogen (secondary N) is 1. The number of hydrogen-bond acceptors (Lipinski definition) is 3. The van der Waals surface area contributed by atoms with Crippen LogP contribution in [0.4, 0.5) is 0 Å². The van der Waals surface area contributed by atoms with E-state index in [1.54, 1.807) is 11.0 Å². The highest BCUT2D eigenvalue weighted by atomic mass is 16.4. The molecule has 0 heterocycles. The first-order valence-electron chi connectivity index (χ1n) is 4.80. The van der Waals surface area contributed by atoms with E-state index in [-0.39, 0.29) is 25.0 Å². The summed E-state index contributed by atoms with van der Waals surface area (Å²) < 4.78 is 0. The summed E-state index contributed by atoms with van der Waals surface area (Å²) in [4.78, 5) is 23.4. The maximum atomic E-state index is 11.3. The van der Waals surface area contributed by atoms with Crippen molar-refractivity contribution in [1.82, 2.24) is 10.2 Å². The lowest BCUT2D eigenvalue weighted by Crippen LogP contribution is -2.43. The number of rotatable bonds is 7. The molecule has 2 N–H and O–H groups in total. The van der Waals surface area contributed by atoms with Crippen LogP contribution >= 0.6 is 0 Å². The predicted molar refractivity (Wildman–Crippen MR) is 57.6 cm³/mol.